The monoisotopic (exact) mass is 711 g/mol. The second-order valence-electron chi connectivity index (χ2n) is 21.4. The molecule has 287 valence electrons. The zero-order chi connectivity index (χ0) is 38.0. The first-order valence-electron chi connectivity index (χ1n) is 20.0. The molecule has 2 amide bonds. The molecule has 0 bridgehead atoms. The Morgan fingerprint density at radius 3 is 2.08 bits per heavy atom. The molecule has 0 aromatic rings. The topological polar surface area (TPSA) is 139 Å². The van der Waals surface area contributed by atoms with Gasteiger partial charge in [-0.25, -0.2) is 0 Å². The summed E-state index contributed by atoms with van der Waals surface area (Å²) in [6, 6.07) is -1.35. The number of ketones is 1. The number of carbonyl (C=O) groups excluding carboxylic acids is 3. The van der Waals surface area contributed by atoms with Gasteiger partial charge in [-0.1, -0.05) is 54.0 Å². The van der Waals surface area contributed by atoms with Crippen LogP contribution in [0.1, 0.15) is 147 Å². The Bertz CT molecular complexity index is 1470. The number of aliphatic hydroxyl groups is 2. The Labute approximate surface area is 307 Å². The Morgan fingerprint density at radius 2 is 1.47 bits per heavy atom. The Morgan fingerprint density at radius 1 is 0.863 bits per heavy atom. The van der Waals surface area contributed by atoms with Gasteiger partial charge in [0.2, 0.25) is 11.8 Å². The number of nitrogens with one attached hydrogen (secondary N) is 2. The minimum atomic E-state index is -1.10. The SMILES string of the molecule is CC1(C)[C@@H](O)CC[C@]2(C)[C@H]3C(=O)C=C4[C@@H]5C[C@@](C)(C(=O)N[C@@H](CO)C(=O)NC6CC(C)(C)N([O])C(C)(C)C6)CC[C@]5(C)CC[C@@]4(C)[C@]3(C)CC[C@@H]12. The van der Waals surface area contributed by atoms with Crippen molar-refractivity contribution in [1.82, 2.24) is 15.7 Å². The second-order valence-corrected chi connectivity index (χ2v) is 21.4. The zero-order valence-electron chi connectivity index (χ0n) is 33.5. The first-order chi connectivity index (χ1) is 23.3. The van der Waals surface area contributed by atoms with Gasteiger partial charge in [0.05, 0.1) is 12.7 Å². The lowest BCUT2D eigenvalue weighted by molar-refractivity contribution is -0.290. The van der Waals surface area contributed by atoms with Gasteiger partial charge in [0, 0.05) is 28.5 Å². The second kappa shape index (κ2) is 12.1. The number of allylic oxidation sites excluding steroid dienone is 2. The van der Waals surface area contributed by atoms with Crippen molar-refractivity contribution in [2.45, 2.75) is 176 Å². The van der Waals surface area contributed by atoms with E-state index in [1.54, 1.807) is 0 Å². The summed E-state index contributed by atoms with van der Waals surface area (Å²) in [5.41, 5.74) is -1.74. The predicted molar refractivity (Wildman–Crippen MR) is 196 cm³/mol. The van der Waals surface area contributed by atoms with Crippen LogP contribution in [0.2, 0.25) is 0 Å². The van der Waals surface area contributed by atoms with Crippen molar-refractivity contribution in [3.05, 3.63) is 11.6 Å². The summed E-state index contributed by atoms with van der Waals surface area (Å²) in [4.78, 5) is 42.4. The maximum atomic E-state index is 14.7. The fourth-order valence-corrected chi connectivity index (χ4v) is 13.6. The van der Waals surface area contributed by atoms with Crippen LogP contribution in [-0.2, 0) is 19.6 Å². The lowest BCUT2D eigenvalue weighted by Crippen LogP contribution is -2.66. The highest BCUT2D eigenvalue weighted by Crippen LogP contribution is 2.75. The van der Waals surface area contributed by atoms with E-state index in [4.69, 9.17) is 0 Å². The molecule has 6 rings (SSSR count). The highest BCUT2D eigenvalue weighted by atomic mass is 16.5. The molecule has 1 heterocycles. The van der Waals surface area contributed by atoms with E-state index in [1.165, 1.54) is 5.57 Å². The fraction of sp³-hybridized carbons (Fsp3) is 0.881. The summed E-state index contributed by atoms with van der Waals surface area (Å²) in [5, 5.41) is 41.3. The zero-order valence-corrected chi connectivity index (χ0v) is 33.5. The van der Waals surface area contributed by atoms with Crippen LogP contribution in [0.3, 0.4) is 0 Å². The molecule has 6 aliphatic rings. The number of rotatable bonds is 5. The number of hydrogen-bond acceptors (Lipinski definition) is 6. The predicted octanol–water partition coefficient (Wildman–Crippen LogP) is 6.29. The van der Waals surface area contributed by atoms with Crippen molar-refractivity contribution in [2.24, 2.45) is 50.2 Å². The van der Waals surface area contributed by atoms with Crippen molar-refractivity contribution in [2.75, 3.05) is 6.61 Å². The number of hydrogen-bond donors (Lipinski definition) is 4. The number of fused-ring (bicyclic) bond motifs is 7. The molecular formula is C42H68N3O6. The number of hydroxylamine groups is 2. The number of amides is 2. The Balaban J connectivity index is 1.24. The fourth-order valence-electron chi connectivity index (χ4n) is 13.6. The smallest absolute Gasteiger partial charge is 0.245 e. The molecule has 5 aliphatic carbocycles. The quantitative estimate of drug-likeness (QED) is 0.265. The summed E-state index contributed by atoms with van der Waals surface area (Å²) >= 11 is 0. The number of carbonyl (C=O) groups is 3. The number of aliphatic hydroxyl groups excluding tert-OH is 2. The highest BCUT2D eigenvalue weighted by Gasteiger charge is 2.70. The van der Waals surface area contributed by atoms with Crippen LogP contribution in [0.25, 0.3) is 0 Å². The van der Waals surface area contributed by atoms with E-state index in [2.05, 4.69) is 52.2 Å². The van der Waals surface area contributed by atoms with Crippen LogP contribution < -0.4 is 10.6 Å². The van der Waals surface area contributed by atoms with E-state index in [9.17, 15) is 29.8 Å². The van der Waals surface area contributed by atoms with Crippen molar-refractivity contribution in [3.8, 4) is 0 Å². The first kappa shape index (κ1) is 38.9. The average molecular weight is 711 g/mol. The van der Waals surface area contributed by atoms with E-state index in [0.29, 0.717) is 25.7 Å². The van der Waals surface area contributed by atoms with Gasteiger partial charge < -0.3 is 20.8 Å². The van der Waals surface area contributed by atoms with E-state index in [-0.39, 0.29) is 68.7 Å². The van der Waals surface area contributed by atoms with Gasteiger partial charge in [-0.2, -0.15) is 0 Å². The molecule has 9 heteroatoms. The number of piperidine rings is 1. The van der Waals surface area contributed by atoms with Gasteiger partial charge in [0.1, 0.15) is 6.04 Å². The molecule has 4 saturated carbocycles. The minimum absolute atomic E-state index is 0.0313. The van der Waals surface area contributed by atoms with E-state index in [1.807, 2.05) is 40.7 Å². The third-order valence-electron chi connectivity index (χ3n) is 16.8. The van der Waals surface area contributed by atoms with E-state index >= 15 is 0 Å². The summed E-state index contributed by atoms with van der Waals surface area (Å²) in [6.45, 7) is 22.8. The van der Waals surface area contributed by atoms with Crippen molar-refractivity contribution in [3.63, 3.8) is 0 Å². The lowest BCUT2D eigenvalue weighted by atomic mass is 9.33. The van der Waals surface area contributed by atoms with Crippen LogP contribution in [0.5, 0.6) is 0 Å². The minimum Gasteiger partial charge on any atom is -0.394 e. The summed E-state index contributed by atoms with van der Waals surface area (Å²) in [7, 11) is 0. The molecule has 1 saturated heterocycles. The molecule has 5 fully saturated rings. The van der Waals surface area contributed by atoms with Crippen LogP contribution in [0.4, 0.5) is 0 Å². The largest absolute Gasteiger partial charge is 0.394 e. The molecule has 51 heavy (non-hydrogen) atoms. The molecule has 9 nitrogen and oxygen atoms in total. The Kier molecular flexibility index (Phi) is 9.23. The van der Waals surface area contributed by atoms with Crippen LogP contribution in [0, 0.1) is 50.2 Å². The normalized spacial score (nSPS) is 45.2. The van der Waals surface area contributed by atoms with Crippen molar-refractivity contribution in [1.29, 1.82) is 0 Å². The standard InChI is InChI=1S/C42H68N3O6/c1-35(2)21-25(22-36(3,4)45(35)51)43-33(49)28(24-46)44-34(50)39(8)17-16-38(7)18-19-41(10)26(27(38)23-39)20-29(47)32-40(9)14-13-31(48)37(5,6)30(40)12-15-42(32,41)11/h20,25,27-28,30-32,46,48H,12-19,21-24H2,1-11H3,(H,43,49)(H,44,50)/t27-,28-,30-,31-,32+,38+,39-,40-,41+,42+/m0/s1. The van der Waals surface area contributed by atoms with Crippen molar-refractivity contribution >= 4 is 17.6 Å². The Hall–Kier alpha value is -1.81. The molecule has 0 unspecified atom stereocenters. The van der Waals surface area contributed by atoms with Gasteiger partial charge in [0.25, 0.3) is 0 Å². The van der Waals surface area contributed by atoms with Gasteiger partial charge in [-0.05, 0) is 143 Å². The maximum Gasteiger partial charge on any atom is 0.245 e. The third kappa shape index (κ3) is 5.71. The summed E-state index contributed by atoms with van der Waals surface area (Å²) < 4.78 is 0. The molecule has 10 atom stereocenters. The summed E-state index contributed by atoms with van der Waals surface area (Å²) in [5.74, 6) is -0.203. The van der Waals surface area contributed by atoms with Crippen LogP contribution in [0.15, 0.2) is 11.6 Å². The van der Waals surface area contributed by atoms with Crippen LogP contribution in [-0.4, -0.2) is 68.7 Å². The first-order valence-corrected chi connectivity index (χ1v) is 20.0. The van der Waals surface area contributed by atoms with Gasteiger partial charge in [0.15, 0.2) is 5.78 Å². The molecule has 0 aromatic heterocycles. The van der Waals surface area contributed by atoms with Gasteiger partial charge in [-0.3, -0.25) is 14.4 Å². The molecule has 1 radical (unpaired) electrons. The molecule has 4 N–H and O–H groups in total. The highest BCUT2D eigenvalue weighted by molar-refractivity contribution is 5.96. The van der Waals surface area contributed by atoms with Gasteiger partial charge >= 0.3 is 0 Å². The third-order valence-corrected chi connectivity index (χ3v) is 16.8. The number of nitrogens with zero attached hydrogens (tertiary/aromatic N) is 1. The van der Waals surface area contributed by atoms with E-state index < -0.39 is 35.0 Å². The summed E-state index contributed by atoms with van der Waals surface area (Å²) in [6.07, 6.45) is 10.3. The molecule has 0 aromatic carbocycles. The maximum absolute atomic E-state index is 14.7. The average Bonchev–Trinajstić information content (AvgIpc) is 3.02. The molecule has 0 spiro atoms. The lowest BCUT2D eigenvalue weighted by Gasteiger charge is -2.70. The van der Waals surface area contributed by atoms with E-state index in [0.717, 1.165) is 50.0 Å². The molecule has 1 aliphatic heterocycles. The van der Waals surface area contributed by atoms with Crippen LogP contribution >= 0.6 is 0 Å². The van der Waals surface area contributed by atoms with Gasteiger partial charge in [-0.15, -0.1) is 10.3 Å². The van der Waals surface area contributed by atoms with Crippen molar-refractivity contribution < 1.29 is 29.8 Å². The molecular weight excluding hydrogens is 642 g/mol.